The SMILES string of the molecule is CC(C)(C)n1cnnc1C1CCc2ccccc2C1. The van der Waals surface area contributed by atoms with Crippen molar-refractivity contribution < 1.29 is 0 Å². The number of aromatic nitrogens is 3. The summed E-state index contributed by atoms with van der Waals surface area (Å²) < 4.78 is 2.23. The first-order chi connectivity index (χ1) is 9.05. The fourth-order valence-electron chi connectivity index (χ4n) is 2.96. The molecule has 0 radical (unpaired) electrons. The van der Waals surface area contributed by atoms with Gasteiger partial charge in [0, 0.05) is 11.5 Å². The third-order valence-corrected chi connectivity index (χ3v) is 4.01. The number of rotatable bonds is 1. The van der Waals surface area contributed by atoms with Gasteiger partial charge in [0.05, 0.1) is 0 Å². The van der Waals surface area contributed by atoms with E-state index in [0.717, 1.165) is 18.7 Å². The van der Waals surface area contributed by atoms with Crippen LogP contribution >= 0.6 is 0 Å². The lowest BCUT2D eigenvalue weighted by Crippen LogP contribution is -2.26. The molecule has 0 aliphatic heterocycles. The normalized spacial score (nSPS) is 19.2. The maximum Gasteiger partial charge on any atom is 0.136 e. The molecule has 0 amide bonds. The smallest absolute Gasteiger partial charge is 0.136 e. The van der Waals surface area contributed by atoms with E-state index in [1.54, 1.807) is 0 Å². The van der Waals surface area contributed by atoms with Crippen molar-refractivity contribution in [2.45, 2.75) is 51.5 Å². The molecular formula is C16H21N3. The van der Waals surface area contributed by atoms with Crippen LogP contribution in [0.4, 0.5) is 0 Å². The Morgan fingerprint density at radius 3 is 2.63 bits per heavy atom. The van der Waals surface area contributed by atoms with Crippen molar-refractivity contribution in [1.29, 1.82) is 0 Å². The van der Waals surface area contributed by atoms with Crippen molar-refractivity contribution in [2.24, 2.45) is 0 Å². The second-order valence-electron chi connectivity index (χ2n) is 6.44. The Kier molecular flexibility index (Phi) is 2.92. The Bertz CT molecular complexity index is 578. The van der Waals surface area contributed by atoms with E-state index in [1.807, 2.05) is 6.33 Å². The highest BCUT2D eigenvalue weighted by atomic mass is 15.3. The summed E-state index contributed by atoms with van der Waals surface area (Å²) in [6.07, 6.45) is 5.28. The zero-order chi connectivity index (χ0) is 13.5. The van der Waals surface area contributed by atoms with Gasteiger partial charge >= 0.3 is 0 Å². The molecule has 1 aromatic heterocycles. The molecule has 2 aromatic rings. The van der Waals surface area contributed by atoms with Crippen molar-refractivity contribution in [1.82, 2.24) is 14.8 Å². The molecule has 1 aliphatic rings. The van der Waals surface area contributed by atoms with E-state index in [9.17, 15) is 0 Å². The molecule has 0 saturated carbocycles. The van der Waals surface area contributed by atoms with Gasteiger partial charge in [0.25, 0.3) is 0 Å². The van der Waals surface area contributed by atoms with Gasteiger partial charge in [-0.15, -0.1) is 10.2 Å². The first kappa shape index (κ1) is 12.4. The summed E-state index contributed by atoms with van der Waals surface area (Å²) in [5.41, 5.74) is 3.03. The van der Waals surface area contributed by atoms with Crippen molar-refractivity contribution in [2.75, 3.05) is 0 Å². The molecule has 0 N–H and O–H groups in total. The van der Waals surface area contributed by atoms with Crippen molar-refractivity contribution in [3.05, 3.63) is 47.5 Å². The highest BCUT2D eigenvalue weighted by Gasteiger charge is 2.27. The maximum atomic E-state index is 4.39. The van der Waals surface area contributed by atoms with Gasteiger partial charge in [-0.3, -0.25) is 0 Å². The predicted molar refractivity (Wildman–Crippen MR) is 76.2 cm³/mol. The van der Waals surface area contributed by atoms with Gasteiger partial charge in [-0.25, -0.2) is 0 Å². The van der Waals surface area contributed by atoms with Crippen LogP contribution in [0, 0.1) is 0 Å². The first-order valence-electron chi connectivity index (χ1n) is 7.03. The third-order valence-electron chi connectivity index (χ3n) is 4.01. The lowest BCUT2D eigenvalue weighted by Gasteiger charge is -2.28. The van der Waals surface area contributed by atoms with Crippen LogP contribution < -0.4 is 0 Å². The highest BCUT2D eigenvalue weighted by molar-refractivity contribution is 5.31. The average molecular weight is 255 g/mol. The van der Waals surface area contributed by atoms with Gasteiger partial charge in [-0.1, -0.05) is 24.3 Å². The van der Waals surface area contributed by atoms with Crippen molar-refractivity contribution in [3.8, 4) is 0 Å². The van der Waals surface area contributed by atoms with Crippen molar-refractivity contribution >= 4 is 0 Å². The van der Waals surface area contributed by atoms with E-state index in [2.05, 4.69) is 59.8 Å². The van der Waals surface area contributed by atoms with Gasteiger partial charge in [0.1, 0.15) is 12.2 Å². The van der Waals surface area contributed by atoms with E-state index in [-0.39, 0.29) is 5.54 Å². The highest BCUT2D eigenvalue weighted by Crippen LogP contribution is 2.33. The van der Waals surface area contributed by atoms with Gasteiger partial charge in [-0.05, 0) is 51.2 Å². The summed E-state index contributed by atoms with van der Waals surface area (Å²) in [5.74, 6) is 1.64. The molecule has 3 rings (SSSR count). The van der Waals surface area contributed by atoms with Crippen LogP contribution in [0.3, 0.4) is 0 Å². The zero-order valence-electron chi connectivity index (χ0n) is 11.9. The lowest BCUT2D eigenvalue weighted by atomic mass is 9.83. The van der Waals surface area contributed by atoms with Crippen LogP contribution in [0.15, 0.2) is 30.6 Å². The second kappa shape index (κ2) is 4.48. The predicted octanol–water partition coefficient (Wildman–Crippen LogP) is 3.31. The Hall–Kier alpha value is -1.64. The summed E-state index contributed by atoms with van der Waals surface area (Å²) in [4.78, 5) is 0. The van der Waals surface area contributed by atoms with Crippen LogP contribution in [-0.4, -0.2) is 14.8 Å². The molecule has 3 heteroatoms. The molecule has 1 unspecified atom stereocenters. The number of hydrogen-bond acceptors (Lipinski definition) is 2. The number of benzene rings is 1. The minimum atomic E-state index is 0.0514. The van der Waals surface area contributed by atoms with Crippen LogP contribution in [0.25, 0.3) is 0 Å². The van der Waals surface area contributed by atoms with Crippen LogP contribution in [0.1, 0.15) is 50.1 Å². The Morgan fingerprint density at radius 2 is 1.89 bits per heavy atom. The number of hydrogen-bond donors (Lipinski definition) is 0. The summed E-state index contributed by atoms with van der Waals surface area (Å²) >= 11 is 0. The molecule has 1 aliphatic carbocycles. The summed E-state index contributed by atoms with van der Waals surface area (Å²) in [6.45, 7) is 6.61. The Morgan fingerprint density at radius 1 is 1.16 bits per heavy atom. The fraction of sp³-hybridized carbons (Fsp3) is 0.500. The largest absolute Gasteiger partial charge is 0.312 e. The summed E-state index contributed by atoms with van der Waals surface area (Å²) in [5, 5.41) is 8.52. The Labute approximate surface area is 114 Å². The molecule has 1 heterocycles. The summed E-state index contributed by atoms with van der Waals surface area (Å²) in [7, 11) is 0. The molecule has 0 fully saturated rings. The van der Waals surface area contributed by atoms with Gasteiger partial charge in [0.2, 0.25) is 0 Å². The molecule has 0 bridgehead atoms. The molecule has 19 heavy (non-hydrogen) atoms. The van der Waals surface area contributed by atoms with Crippen LogP contribution in [0.2, 0.25) is 0 Å². The van der Waals surface area contributed by atoms with E-state index >= 15 is 0 Å². The van der Waals surface area contributed by atoms with Gasteiger partial charge in [0.15, 0.2) is 0 Å². The molecule has 1 aromatic carbocycles. The standard InChI is InChI=1S/C16H21N3/c1-16(2,3)19-11-17-18-15(19)14-9-8-12-6-4-5-7-13(12)10-14/h4-7,11,14H,8-10H2,1-3H3. The lowest BCUT2D eigenvalue weighted by molar-refractivity contribution is 0.364. The zero-order valence-corrected chi connectivity index (χ0v) is 11.9. The molecular weight excluding hydrogens is 234 g/mol. The first-order valence-corrected chi connectivity index (χ1v) is 7.03. The monoisotopic (exact) mass is 255 g/mol. The Balaban J connectivity index is 1.92. The third kappa shape index (κ3) is 2.29. The maximum absolute atomic E-state index is 4.39. The van der Waals surface area contributed by atoms with E-state index < -0.39 is 0 Å². The van der Waals surface area contributed by atoms with E-state index in [0.29, 0.717) is 5.92 Å². The number of aryl methyl sites for hydroxylation is 1. The molecule has 100 valence electrons. The summed E-state index contributed by atoms with van der Waals surface area (Å²) in [6, 6.07) is 8.77. The number of nitrogens with zero attached hydrogens (tertiary/aromatic N) is 3. The van der Waals surface area contributed by atoms with Crippen molar-refractivity contribution in [3.63, 3.8) is 0 Å². The van der Waals surface area contributed by atoms with Gasteiger partial charge < -0.3 is 4.57 Å². The molecule has 0 spiro atoms. The minimum Gasteiger partial charge on any atom is -0.312 e. The van der Waals surface area contributed by atoms with E-state index in [4.69, 9.17) is 0 Å². The molecule has 3 nitrogen and oxygen atoms in total. The van der Waals surface area contributed by atoms with Gasteiger partial charge in [-0.2, -0.15) is 0 Å². The average Bonchev–Trinajstić information content (AvgIpc) is 2.87. The van der Waals surface area contributed by atoms with E-state index in [1.165, 1.54) is 17.5 Å². The minimum absolute atomic E-state index is 0.0514. The fourth-order valence-corrected chi connectivity index (χ4v) is 2.96. The van der Waals surface area contributed by atoms with Crippen LogP contribution in [-0.2, 0) is 18.4 Å². The second-order valence-corrected chi connectivity index (χ2v) is 6.44. The van der Waals surface area contributed by atoms with Crippen LogP contribution in [0.5, 0.6) is 0 Å². The molecule has 1 atom stereocenters. The number of fused-ring (bicyclic) bond motifs is 1. The quantitative estimate of drug-likeness (QED) is 0.782. The topological polar surface area (TPSA) is 30.7 Å². The molecule has 0 saturated heterocycles.